The number of rotatable bonds is 12. The van der Waals surface area contributed by atoms with Crippen LogP contribution in [-0.2, 0) is 6.54 Å². The molecular weight excluding hydrogens is 368 g/mol. The number of benzene rings is 2. The standard InChI is InChI=1S/C27H39N2O/c1-6-8-19-28(20-9-7-2)26-16-13-23(14-17-26)15-18-27(30)25-12-10-11-24(21-25)22-29(3,4)5/h10-18,21H,6-9,19-20,22H2,1-5H3/q+1/b18-15+. The van der Waals surface area contributed by atoms with Crippen molar-refractivity contribution in [3.63, 3.8) is 0 Å². The van der Waals surface area contributed by atoms with Crippen LogP contribution in [-0.4, -0.2) is 44.5 Å². The lowest BCUT2D eigenvalue weighted by atomic mass is 10.1. The number of carbonyl (C=O) groups excluding carboxylic acids is 1. The molecule has 0 fully saturated rings. The molecule has 0 unspecified atom stereocenters. The van der Waals surface area contributed by atoms with Crippen LogP contribution in [0.2, 0.25) is 0 Å². The summed E-state index contributed by atoms with van der Waals surface area (Å²) in [4.78, 5) is 15.1. The molecule has 0 N–H and O–H groups in total. The number of hydrogen-bond donors (Lipinski definition) is 0. The highest BCUT2D eigenvalue weighted by molar-refractivity contribution is 6.06. The van der Waals surface area contributed by atoms with Crippen molar-refractivity contribution in [2.24, 2.45) is 0 Å². The molecule has 0 saturated heterocycles. The van der Waals surface area contributed by atoms with Crippen LogP contribution in [0.3, 0.4) is 0 Å². The van der Waals surface area contributed by atoms with Crippen molar-refractivity contribution in [2.75, 3.05) is 39.1 Å². The fourth-order valence-electron chi connectivity index (χ4n) is 3.50. The average molecular weight is 408 g/mol. The van der Waals surface area contributed by atoms with E-state index in [0.29, 0.717) is 0 Å². The van der Waals surface area contributed by atoms with Gasteiger partial charge in [-0.2, -0.15) is 0 Å². The van der Waals surface area contributed by atoms with Crippen LogP contribution < -0.4 is 4.90 Å². The summed E-state index contributed by atoms with van der Waals surface area (Å²) >= 11 is 0. The van der Waals surface area contributed by atoms with Crippen molar-refractivity contribution in [2.45, 2.75) is 46.1 Å². The van der Waals surface area contributed by atoms with E-state index in [4.69, 9.17) is 0 Å². The molecule has 0 radical (unpaired) electrons. The SMILES string of the molecule is CCCCN(CCCC)c1ccc(/C=C/C(=O)c2cccc(C[N+](C)(C)C)c2)cc1. The Balaban J connectivity index is 2.05. The molecular formula is C27H39N2O+. The minimum absolute atomic E-state index is 0.0508. The summed E-state index contributed by atoms with van der Waals surface area (Å²) in [5.41, 5.74) is 4.26. The van der Waals surface area contributed by atoms with E-state index in [1.807, 2.05) is 24.3 Å². The molecule has 0 aliphatic carbocycles. The molecule has 0 bridgehead atoms. The Labute approximate surface area is 183 Å². The minimum Gasteiger partial charge on any atom is -0.372 e. The lowest BCUT2D eigenvalue weighted by Gasteiger charge is -2.24. The maximum absolute atomic E-state index is 12.6. The van der Waals surface area contributed by atoms with E-state index in [2.05, 4.69) is 70.2 Å². The number of nitrogens with zero attached hydrogens (tertiary/aromatic N) is 2. The largest absolute Gasteiger partial charge is 0.372 e. The highest BCUT2D eigenvalue weighted by Gasteiger charge is 2.10. The second-order valence-corrected chi connectivity index (χ2v) is 9.13. The fraction of sp³-hybridized carbons (Fsp3) is 0.444. The van der Waals surface area contributed by atoms with Crippen LogP contribution in [0.1, 0.15) is 61.0 Å². The summed E-state index contributed by atoms with van der Waals surface area (Å²) < 4.78 is 0.841. The van der Waals surface area contributed by atoms with E-state index < -0.39 is 0 Å². The second kappa shape index (κ2) is 11.7. The van der Waals surface area contributed by atoms with Crippen molar-refractivity contribution in [1.29, 1.82) is 0 Å². The van der Waals surface area contributed by atoms with Crippen LogP contribution in [0.5, 0.6) is 0 Å². The van der Waals surface area contributed by atoms with Crippen LogP contribution in [0.4, 0.5) is 5.69 Å². The van der Waals surface area contributed by atoms with Gasteiger partial charge in [-0.1, -0.05) is 63.1 Å². The summed E-state index contributed by atoms with van der Waals surface area (Å²) in [5, 5.41) is 0. The predicted molar refractivity (Wildman–Crippen MR) is 130 cm³/mol. The maximum Gasteiger partial charge on any atom is 0.185 e. The first-order chi connectivity index (χ1) is 14.3. The fourth-order valence-corrected chi connectivity index (χ4v) is 3.50. The van der Waals surface area contributed by atoms with Gasteiger partial charge in [-0.3, -0.25) is 4.79 Å². The van der Waals surface area contributed by atoms with Crippen LogP contribution in [0, 0.1) is 0 Å². The number of unbranched alkanes of at least 4 members (excludes halogenated alkanes) is 2. The Morgan fingerprint density at radius 2 is 1.57 bits per heavy atom. The number of ketones is 1. The Hall–Kier alpha value is -2.39. The summed E-state index contributed by atoms with van der Waals surface area (Å²) in [6, 6.07) is 16.5. The molecule has 0 heterocycles. The molecule has 162 valence electrons. The molecule has 0 spiro atoms. The van der Waals surface area contributed by atoms with Gasteiger partial charge >= 0.3 is 0 Å². The molecule has 0 aliphatic rings. The van der Waals surface area contributed by atoms with E-state index in [0.717, 1.165) is 35.2 Å². The highest BCUT2D eigenvalue weighted by Crippen LogP contribution is 2.18. The van der Waals surface area contributed by atoms with Gasteiger partial charge in [-0.15, -0.1) is 0 Å². The molecule has 0 amide bonds. The van der Waals surface area contributed by atoms with E-state index in [-0.39, 0.29) is 5.78 Å². The molecule has 0 aromatic heterocycles. The maximum atomic E-state index is 12.6. The van der Waals surface area contributed by atoms with E-state index >= 15 is 0 Å². The Morgan fingerprint density at radius 1 is 0.933 bits per heavy atom. The number of quaternary nitrogens is 1. The number of carbonyl (C=O) groups is 1. The van der Waals surface area contributed by atoms with Gasteiger partial charge in [0.15, 0.2) is 5.78 Å². The molecule has 2 rings (SSSR count). The third-order valence-corrected chi connectivity index (χ3v) is 5.12. The van der Waals surface area contributed by atoms with Gasteiger partial charge in [0.05, 0.1) is 21.1 Å². The zero-order valence-corrected chi connectivity index (χ0v) is 19.5. The van der Waals surface area contributed by atoms with E-state index in [1.54, 1.807) is 6.08 Å². The highest BCUT2D eigenvalue weighted by atomic mass is 16.1. The van der Waals surface area contributed by atoms with Gasteiger partial charge in [-0.25, -0.2) is 0 Å². The molecule has 0 saturated carbocycles. The van der Waals surface area contributed by atoms with Gasteiger partial charge in [-0.05, 0) is 42.7 Å². The zero-order valence-electron chi connectivity index (χ0n) is 19.5. The number of allylic oxidation sites excluding steroid dienone is 1. The van der Waals surface area contributed by atoms with Crippen LogP contribution in [0.25, 0.3) is 6.08 Å². The Bertz CT molecular complexity index is 808. The van der Waals surface area contributed by atoms with Crippen molar-refractivity contribution in [1.82, 2.24) is 0 Å². The molecule has 2 aromatic rings. The third kappa shape index (κ3) is 8.16. The average Bonchev–Trinajstić information content (AvgIpc) is 2.71. The number of hydrogen-bond acceptors (Lipinski definition) is 2. The summed E-state index contributed by atoms with van der Waals surface area (Å²) in [5.74, 6) is 0.0508. The van der Waals surface area contributed by atoms with Gasteiger partial charge < -0.3 is 9.38 Å². The monoisotopic (exact) mass is 407 g/mol. The van der Waals surface area contributed by atoms with Gasteiger partial charge in [0, 0.05) is 29.9 Å². The first kappa shape index (κ1) is 23.9. The molecule has 3 heteroatoms. The molecule has 3 nitrogen and oxygen atoms in total. The molecule has 0 atom stereocenters. The summed E-state index contributed by atoms with van der Waals surface area (Å²) in [6.45, 7) is 7.59. The van der Waals surface area contributed by atoms with Crippen LogP contribution in [0.15, 0.2) is 54.6 Å². The lowest BCUT2D eigenvalue weighted by Crippen LogP contribution is -2.33. The molecule has 0 aliphatic heterocycles. The summed E-state index contributed by atoms with van der Waals surface area (Å²) in [7, 11) is 6.47. The molecule has 2 aromatic carbocycles. The lowest BCUT2D eigenvalue weighted by molar-refractivity contribution is -0.884. The topological polar surface area (TPSA) is 20.3 Å². The van der Waals surface area contributed by atoms with Crippen molar-refractivity contribution in [3.8, 4) is 0 Å². The first-order valence-electron chi connectivity index (χ1n) is 11.3. The predicted octanol–water partition coefficient (Wildman–Crippen LogP) is 6.20. The Morgan fingerprint density at radius 3 is 2.13 bits per heavy atom. The van der Waals surface area contributed by atoms with E-state index in [9.17, 15) is 4.79 Å². The smallest absolute Gasteiger partial charge is 0.185 e. The minimum atomic E-state index is 0.0508. The van der Waals surface area contributed by atoms with Gasteiger partial charge in [0.2, 0.25) is 0 Å². The first-order valence-corrected chi connectivity index (χ1v) is 11.3. The Kier molecular flexibility index (Phi) is 9.32. The second-order valence-electron chi connectivity index (χ2n) is 9.13. The normalized spacial score (nSPS) is 11.8. The van der Waals surface area contributed by atoms with Crippen molar-refractivity contribution < 1.29 is 9.28 Å². The van der Waals surface area contributed by atoms with Crippen molar-refractivity contribution in [3.05, 3.63) is 71.3 Å². The molecule has 30 heavy (non-hydrogen) atoms. The third-order valence-electron chi connectivity index (χ3n) is 5.12. The number of anilines is 1. The van der Waals surface area contributed by atoms with Gasteiger partial charge in [0.25, 0.3) is 0 Å². The van der Waals surface area contributed by atoms with Crippen molar-refractivity contribution >= 4 is 17.5 Å². The quantitative estimate of drug-likeness (QED) is 0.237. The van der Waals surface area contributed by atoms with Crippen LogP contribution >= 0.6 is 0 Å². The van der Waals surface area contributed by atoms with Gasteiger partial charge in [0.1, 0.15) is 6.54 Å². The zero-order chi connectivity index (χ0) is 22.0. The van der Waals surface area contributed by atoms with E-state index in [1.165, 1.54) is 36.9 Å². The summed E-state index contributed by atoms with van der Waals surface area (Å²) in [6.07, 6.45) is 8.45.